The SMILES string of the molecule is O=C(OC[C@H]1O[C@@]2(OC(=O)c3cc(O)c(O)c(O)c3)S[C@]2(O)[C@@H](OC(=O)c2cc(O)c(O)c(O)c2)[C@@H]1O)c1cc(O)c(O)c(O)c1. The normalized spacial score (nSPS) is 24.8. The van der Waals surface area contributed by atoms with Crippen molar-refractivity contribution in [3.05, 3.63) is 53.1 Å². The van der Waals surface area contributed by atoms with Crippen LogP contribution in [0.5, 0.6) is 51.7 Å². The minimum Gasteiger partial charge on any atom is -0.504 e. The van der Waals surface area contributed by atoms with Crippen molar-refractivity contribution in [2.45, 2.75) is 28.4 Å². The van der Waals surface area contributed by atoms with Crippen molar-refractivity contribution in [3.8, 4) is 51.7 Å². The lowest BCUT2D eigenvalue weighted by Crippen LogP contribution is -2.61. The summed E-state index contributed by atoms with van der Waals surface area (Å²) in [6.07, 6.45) is -5.91. The number of aliphatic hydroxyl groups is 2. The number of ether oxygens (including phenoxy) is 4. The number of benzene rings is 3. The van der Waals surface area contributed by atoms with E-state index in [4.69, 9.17) is 18.9 Å². The molecule has 0 aliphatic carbocycles. The van der Waals surface area contributed by atoms with Crippen LogP contribution in [-0.2, 0) is 18.9 Å². The average Bonchev–Trinajstić information content (AvgIpc) is 3.60. The Bertz CT molecular complexity index is 1710. The van der Waals surface area contributed by atoms with Crippen LogP contribution in [0.25, 0.3) is 0 Å². The highest BCUT2D eigenvalue weighted by Crippen LogP contribution is 2.69. The van der Waals surface area contributed by atoms with Crippen LogP contribution in [0.3, 0.4) is 0 Å². The number of carbonyl (C=O) groups excluding carboxylic acids is 3. The maximum Gasteiger partial charge on any atom is 0.341 e. The lowest BCUT2D eigenvalue weighted by Gasteiger charge is -2.38. The summed E-state index contributed by atoms with van der Waals surface area (Å²) in [6.45, 7) is -0.923. The van der Waals surface area contributed by atoms with E-state index in [9.17, 15) is 70.6 Å². The van der Waals surface area contributed by atoms with Crippen molar-refractivity contribution < 1.29 is 89.5 Å². The van der Waals surface area contributed by atoms with Gasteiger partial charge in [0.25, 0.3) is 0 Å². The maximum atomic E-state index is 13.0. The molecule has 0 saturated carbocycles. The highest BCUT2D eigenvalue weighted by atomic mass is 32.2. The third-order valence-corrected chi connectivity index (χ3v) is 8.19. The predicted molar refractivity (Wildman–Crippen MR) is 145 cm³/mol. The van der Waals surface area contributed by atoms with Gasteiger partial charge in [-0.05, 0) is 48.2 Å². The molecule has 0 unspecified atom stereocenters. The van der Waals surface area contributed by atoms with Crippen LogP contribution in [0.1, 0.15) is 31.1 Å². The van der Waals surface area contributed by atoms with Gasteiger partial charge < -0.3 is 75.1 Å². The largest absolute Gasteiger partial charge is 0.504 e. The number of aliphatic hydroxyl groups excluding tert-OH is 1. The molecule has 0 aromatic heterocycles. The standard InChI is InChI=1S/C27H22O18S/c28-11-1-8(2-12(29)18(11)34)23(38)42-7-17-21(37)22(43-24(39)9-3-13(30)19(35)14(31)4-9)26(41)27(44-17,46-26)45-25(40)10-5-15(32)20(36)16(33)6-10/h1-6,17,21-22,28-37,41H,7H2/t17-,21-,22+,26-,27+/m1/s1. The lowest BCUT2D eigenvalue weighted by atomic mass is 9.98. The van der Waals surface area contributed by atoms with Crippen LogP contribution in [0.15, 0.2) is 36.4 Å². The van der Waals surface area contributed by atoms with Crippen molar-refractivity contribution >= 4 is 29.7 Å². The molecule has 3 aromatic carbocycles. The second kappa shape index (κ2) is 11.1. The van der Waals surface area contributed by atoms with Gasteiger partial charge >= 0.3 is 23.0 Å². The van der Waals surface area contributed by atoms with Crippen molar-refractivity contribution in [1.82, 2.24) is 0 Å². The minimum absolute atomic E-state index is 0.287. The summed E-state index contributed by atoms with van der Waals surface area (Å²) < 4.78 is 21.2. The van der Waals surface area contributed by atoms with E-state index in [-0.39, 0.29) is 11.8 Å². The Balaban J connectivity index is 1.43. The van der Waals surface area contributed by atoms with Gasteiger partial charge in [-0.2, -0.15) is 0 Å². The zero-order valence-electron chi connectivity index (χ0n) is 22.6. The molecule has 0 amide bonds. The molecule has 0 radical (unpaired) electrons. The molecule has 3 aromatic rings. The van der Waals surface area contributed by atoms with E-state index in [2.05, 4.69) is 0 Å². The van der Waals surface area contributed by atoms with Gasteiger partial charge in [-0.1, -0.05) is 0 Å². The molecule has 2 aliphatic rings. The van der Waals surface area contributed by atoms with Gasteiger partial charge in [0.1, 0.15) is 18.8 Å². The quantitative estimate of drug-likeness (QED) is 0.0690. The molecule has 2 aliphatic heterocycles. The number of thioether (sulfide) groups is 1. The first-order valence-corrected chi connectivity index (χ1v) is 13.4. The van der Waals surface area contributed by atoms with Gasteiger partial charge in [-0.3, -0.25) is 0 Å². The summed E-state index contributed by atoms with van der Waals surface area (Å²) in [6, 6.07) is 4.24. The zero-order chi connectivity index (χ0) is 33.9. The van der Waals surface area contributed by atoms with Crippen LogP contribution in [0.4, 0.5) is 0 Å². The fourth-order valence-corrected chi connectivity index (χ4v) is 5.54. The Labute approximate surface area is 259 Å². The molecule has 11 N–H and O–H groups in total. The minimum atomic E-state index is -2.57. The second-order valence-corrected chi connectivity index (χ2v) is 11.3. The smallest absolute Gasteiger partial charge is 0.341 e. The lowest BCUT2D eigenvalue weighted by molar-refractivity contribution is -0.285. The Morgan fingerprint density at radius 1 is 0.674 bits per heavy atom. The number of hydrogen-bond donors (Lipinski definition) is 11. The molecular weight excluding hydrogens is 644 g/mol. The summed E-state index contributed by atoms with van der Waals surface area (Å²) in [5.41, 5.74) is -1.61. The first-order valence-electron chi connectivity index (χ1n) is 12.6. The van der Waals surface area contributed by atoms with Crippen LogP contribution < -0.4 is 0 Å². The van der Waals surface area contributed by atoms with E-state index >= 15 is 0 Å². The molecule has 2 fully saturated rings. The van der Waals surface area contributed by atoms with Crippen LogP contribution in [0.2, 0.25) is 0 Å². The molecular formula is C27H22O18S. The molecule has 2 heterocycles. The zero-order valence-corrected chi connectivity index (χ0v) is 23.4. The number of phenols is 9. The van der Waals surface area contributed by atoms with E-state index in [1.54, 1.807) is 0 Å². The third kappa shape index (κ3) is 5.36. The fraction of sp³-hybridized carbons (Fsp3) is 0.222. The summed E-state index contributed by atoms with van der Waals surface area (Å²) in [4.78, 5) is 35.9. The number of carbonyl (C=O) groups is 3. The third-order valence-electron chi connectivity index (χ3n) is 6.83. The Hall–Kier alpha value is -5.50. The fourth-order valence-electron chi connectivity index (χ4n) is 4.39. The second-order valence-electron chi connectivity index (χ2n) is 9.90. The average molecular weight is 667 g/mol. The van der Waals surface area contributed by atoms with E-state index in [0.29, 0.717) is 24.3 Å². The molecule has 0 bridgehead atoms. The molecule has 5 rings (SSSR count). The molecule has 2 saturated heterocycles. The Morgan fingerprint density at radius 2 is 1.07 bits per heavy atom. The van der Waals surface area contributed by atoms with E-state index < -0.39 is 121 Å². The first kappa shape index (κ1) is 31.9. The number of esters is 3. The topological polar surface area (TPSA) is 311 Å². The number of hydrogen-bond acceptors (Lipinski definition) is 19. The Kier molecular flexibility index (Phi) is 7.73. The molecule has 0 spiro atoms. The molecule has 19 heteroatoms. The number of phenolic OH excluding ortho intramolecular Hbond substituents is 9. The van der Waals surface area contributed by atoms with E-state index in [1.807, 2.05) is 0 Å². The van der Waals surface area contributed by atoms with Gasteiger partial charge in [0.2, 0.25) is 4.93 Å². The monoisotopic (exact) mass is 666 g/mol. The molecule has 244 valence electrons. The van der Waals surface area contributed by atoms with Crippen molar-refractivity contribution in [3.63, 3.8) is 0 Å². The highest BCUT2D eigenvalue weighted by Gasteiger charge is 2.84. The van der Waals surface area contributed by atoms with E-state index in [0.717, 1.165) is 12.1 Å². The number of fused-ring (bicyclic) bond motifs is 1. The van der Waals surface area contributed by atoms with Crippen LogP contribution in [-0.4, -0.2) is 109 Å². The van der Waals surface area contributed by atoms with Gasteiger partial charge in [0, 0.05) is 0 Å². The van der Waals surface area contributed by atoms with Gasteiger partial charge in [0.15, 0.2) is 57.8 Å². The molecule has 18 nitrogen and oxygen atoms in total. The highest BCUT2D eigenvalue weighted by molar-refractivity contribution is 8.09. The molecule has 46 heavy (non-hydrogen) atoms. The number of rotatable bonds is 7. The maximum absolute atomic E-state index is 13.0. The summed E-state index contributed by atoms with van der Waals surface area (Å²) >= 11 is 0.287. The van der Waals surface area contributed by atoms with Crippen molar-refractivity contribution in [2.75, 3.05) is 6.61 Å². The Morgan fingerprint density at radius 3 is 1.50 bits per heavy atom. The van der Waals surface area contributed by atoms with Gasteiger partial charge in [-0.15, -0.1) is 0 Å². The van der Waals surface area contributed by atoms with Crippen LogP contribution >= 0.6 is 11.8 Å². The summed E-state index contributed by atoms with van der Waals surface area (Å²) in [5, 5.41) is 107. The van der Waals surface area contributed by atoms with Gasteiger partial charge in [-0.25, -0.2) is 14.4 Å². The van der Waals surface area contributed by atoms with Crippen LogP contribution in [0, 0.1) is 0 Å². The van der Waals surface area contributed by atoms with Crippen molar-refractivity contribution in [1.29, 1.82) is 0 Å². The summed E-state index contributed by atoms with van der Waals surface area (Å²) in [7, 11) is 0. The van der Waals surface area contributed by atoms with Crippen molar-refractivity contribution in [2.24, 2.45) is 0 Å². The van der Waals surface area contributed by atoms with E-state index in [1.165, 1.54) is 0 Å². The summed E-state index contributed by atoms with van der Waals surface area (Å²) in [5.74, 6) is -12.3. The predicted octanol–water partition coefficient (Wildman–Crippen LogP) is 0.125. The molecule has 5 atom stereocenters. The van der Waals surface area contributed by atoms with Gasteiger partial charge in [0.05, 0.1) is 16.7 Å². The number of aromatic hydroxyl groups is 9. The first-order chi connectivity index (χ1) is 21.5.